The number of pyridine rings is 1. The SMILES string of the molecule is O=C(c1ccccn1)N([SH](=O)=O)[SH](=O)=O. The van der Waals surface area contributed by atoms with E-state index in [9.17, 15) is 21.6 Å². The summed E-state index contributed by atoms with van der Waals surface area (Å²) in [5, 5.41) is 0. The van der Waals surface area contributed by atoms with Crippen molar-refractivity contribution in [3.8, 4) is 0 Å². The van der Waals surface area contributed by atoms with Crippen LogP contribution in [0.2, 0.25) is 0 Å². The first-order valence-electron chi connectivity index (χ1n) is 3.58. The highest BCUT2D eigenvalue weighted by Gasteiger charge is 2.21. The second-order valence-corrected chi connectivity index (χ2v) is 4.35. The van der Waals surface area contributed by atoms with Crippen LogP contribution >= 0.6 is 0 Å². The van der Waals surface area contributed by atoms with Crippen molar-refractivity contribution in [2.75, 3.05) is 0 Å². The summed E-state index contributed by atoms with van der Waals surface area (Å²) in [6.07, 6.45) is 1.25. The van der Waals surface area contributed by atoms with E-state index in [4.69, 9.17) is 0 Å². The predicted octanol–water partition coefficient (Wildman–Crippen LogP) is -1.42. The number of carbonyl (C=O) groups excluding carboxylic acids is 1. The maximum atomic E-state index is 11.3. The summed E-state index contributed by atoms with van der Waals surface area (Å²) in [7, 11) is -7.04. The normalized spacial score (nSPS) is 10.5. The molecule has 1 aromatic heterocycles. The van der Waals surface area contributed by atoms with E-state index in [1.54, 1.807) is 0 Å². The van der Waals surface area contributed by atoms with E-state index in [0.29, 0.717) is 0 Å². The van der Waals surface area contributed by atoms with Gasteiger partial charge in [-0.15, -0.1) is 3.71 Å². The van der Waals surface area contributed by atoms with Crippen molar-refractivity contribution in [2.24, 2.45) is 0 Å². The van der Waals surface area contributed by atoms with Crippen LogP contribution in [-0.2, 0) is 21.8 Å². The Balaban J connectivity index is 3.13. The molecule has 0 bridgehead atoms. The molecule has 82 valence electrons. The molecule has 0 aliphatic rings. The highest BCUT2D eigenvalue weighted by molar-refractivity contribution is 7.86. The van der Waals surface area contributed by atoms with Gasteiger partial charge in [0.15, 0.2) is 0 Å². The lowest BCUT2D eigenvalue weighted by molar-refractivity contribution is 0.0921. The van der Waals surface area contributed by atoms with E-state index in [2.05, 4.69) is 4.98 Å². The third-order valence-corrected chi connectivity index (χ3v) is 3.23. The zero-order valence-corrected chi connectivity index (χ0v) is 8.93. The monoisotopic (exact) mass is 250 g/mol. The molecule has 0 aliphatic heterocycles. The molecule has 0 spiro atoms. The van der Waals surface area contributed by atoms with Crippen LogP contribution in [0, 0.1) is 0 Å². The number of thiol groups is 2. The molecule has 0 radical (unpaired) electrons. The summed E-state index contributed by atoms with van der Waals surface area (Å²) in [6.45, 7) is 0. The Bertz CT molecular complexity index is 470. The van der Waals surface area contributed by atoms with Crippen LogP contribution in [0.3, 0.4) is 0 Å². The fourth-order valence-electron chi connectivity index (χ4n) is 0.800. The van der Waals surface area contributed by atoms with Crippen molar-refractivity contribution >= 4 is 27.7 Å². The van der Waals surface area contributed by atoms with Crippen LogP contribution in [0.25, 0.3) is 0 Å². The van der Waals surface area contributed by atoms with Gasteiger partial charge < -0.3 is 0 Å². The number of hydrogen-bond donors (Lipinski definition) is 2. The van der Waals surface area contributed by atoms with Crippen molar-refractivity contribution in [1.82, 2.24) is 8.69 Å². The topological polar surface area (TPSA) is 101 Å². The Labute approximate surface area is 88.5 Å². The molecule has 0 unspecified atom stereocenters. The maximum Gasteiger partial charge on any atom is 0.299 e. The van der Waals surface area contributed by atoms with Gasteiger partial charge in [0.05, 0.1) is 0 Å². The van der Waals surface area contributed by atoms with Gasteiger partial charge in [-0.3, -0.25) is 9.78 Å². The van der Waals surface area contributed by atoms with Crippen molar-refractivity contribution in [3.63, 3.8) is 0 Å². The Morgan fingerprint density at radius 3 is 2.13 bits per heavy atom. The average molecular weight is 250 g/mol. The summed E-state index contributed by atoms with van der Waals surface area (Å²) in [5.74, 6) is -1.19. The van der Waals surface area contributed by atoms with E-state index in [0.717, 1.165) is 0 Å². The fourth-order valence-corrected chi connectivity index (χ4v) is 1.78. The summed E-state index contributed by atoms with van der Waals surface area (Å²) >= 11 is 0. The third-order valence-electron chi connectivity index (χ3n) is 1.38. The van der Waals surface area contributed by atoms with E-state index in [1.807, 2.05) is 0 Å². The van der Waals surface area contributed by atoms with Crippen molar-refractivity contribution in [1.29, 1.82) is 0 Å². The molecule has 0 aromatic carbocycles. The fraction of sp³-hybridized carbons (Fsp3) is 0. The van der Waals surface area contributed by atoms with Crippen LogP contribution in [0.1, 0.15) is 10.5 Å². The van der Waals surface area contributed by atoms with Gasteiger partial charge in [0.2, 0.25) is 21.8 Å². The minimum Gasteiger partial charge on any atom is -0.265 e. The first-order valence-corrected chi connectivity index (χ1v) is 5.84. The lowest BCUT2D eigenvalue weighted by Crippen LogP contribution is -2.28. The van der Waals surface area contributed by atoms with E-state index >= 15 is 0 Å². The molecule has 9 heteroatoms. The molecule has 0 atom stereocenters. The molecule has 1 aromatic rings. The zero-order valence-electron chi connectivity index (χ0n) is 7.14. The van der Waals surface area contributed by atoms with Gasteiger partial charge in [0.25, 0.3) is 5.91 Å². The summed E-state index contributed by atoms with van der Waals surface area (Å²) in [6, 6.07) is 4.16. The second kappa shape index (κ2) is 4.84. The Hall–Kier alpha value is -1.48. The van der Waals surface area contributed by atoms with Crippen LogP contribution in [0.4, 0.5) is 0 Å². The number of nitrogens with zero attached hydrogens (tertiary/aromatic N) is 2. The average Bonchev–Trinajstić information content (AvgIpc) is 2.18. The number of rotatable bonds is 3. The highest BCUT2D eigenvalue weighted by Crippen LogP contribution is 2.01. The van der Waals surface area contributed by atoms with Gasteiger partial charge in [0.1, 0.15) is 5.69 Å². The molecule has 1 rings (SSSR count). The maximum absolute atomic E-state index is 11.3. The van der Waals surface area contributed by atoms with E-state index in [1.165, 1.54) is 24.4 Å². The smallest absolute Gasteiger partial charge is 0.265 e. The van der Waals surface area contributed by atoms with Gasteiger partial charge in [-0.05, 0) is 12.1 Å². The summed E-state index contributed by atoms with van der Waals surface area (Å²) < 4.78 is 41.7. The first kappa shape index (κ1) is 11.6. The summed E-state index contributed by atoms with van der Waals surface area (Å²) in [5.41, 5.74) is -0.254. The number of amides is 1. The molecule has 1 amide bonds. The molecule has 1 heterocycles. The van der Waals surface area contributed by atoms with Gasteiger partial charge in [-0.1, -0.05) is 6.07 Å². The lowest BCUT2D eigenvalue weighted by atomic mass is 10.3. The zero-order chi connectivity index (χ0) is 11.4. The van der Waals surface area contributed by atoms with Crippen LogP contribution < -0.4 is 0 Å². The molecule has 0 saturated carbocycles. The Kier molecular flexibility index (Phi) is 3.74. The second-order valence-electron chi connectivity index (χ2n) is 2.29. The molecule has 7 nitrogen and oxygen atoms in total. The first-order chi connectivity index (χ1) is 7.04. The summed E-state index contributed by atoms with van der Waals surface area (Å²) in [4.78, 5) is 14.9. The quantitative estimate of drug-likeness (QED) is 0.638. The van der Waals surface area contributed by atoms with Crippen LogP contribution in [0.5, 0.6) is 0 Å². The molecule has 0 aliphatic carbocycles. The minimum atomic E-state index is -3.52. The minimum absolute atomic E-state index is 0.254. The Morgan fingerprint density at radius 1 is 1.13 bits per heavy atom. The third kappa shape index (κ3) is 2.73. The largest absolute Gasteiger partial charge is 0.299 e. The van der Waals surface area contributed by atoms with Gasteiger partial charge in [-0.25, -0.2) is 16.8 Å². The molecule has 15 heavy (non-hydrogen) atoms. The number of carbonyl (C=O) groups is 1. The van der Waals surface area contributed by atoms with Gasteiger partial charge in [0, 0.05) is 6.20 Å². The standard InChI is InChI=1S/C6H6N2O5S2/c9-6(5-3-1-2-4-7-5)8(14(10)11)15(12)13/h1-4,14-15H. The van der Waals surface area contributed by atoms with Gasteiger partial charge in [-0.2, -0.15) is 0 Å². The van der Waals surface area contributed by atoms with Crippen molar-refractivity contribution in [3.05, 3.63) is 30.1 Å². The molecular weight excluding hydrogens is 244 g/mol. The molecule has 0 fully saturated rings. The highest BCUT2D eigenvalue weighted by atomic mass is 32.2. The number of aromatic nitrogens is 1. The van der Waals surface area contributed by atoms with Crippen LogP contribution in [-0.4, -0.2) is 31.4 Å². The van der Waals surface area contributed by atoms with E-state index in [-0.39, 0.29) is 9.40 Å². The molecule has 0 N–H and O–H groups in total. The number of hydrogen-bond acceptors (Lipinski definition) is 6. The molecule has 0 saturated heterocycles. The van der Waals surface area contributed by atoms with Gasteiger partial charge >= 0.3 is 0 Å². The lowest BCUT2D eigenvalue weighted by Gasteiger charge is -2.05. The molecular formula is C6H6N2O5S2. The predicted molar refractivity (Wildman–Crippen MR) is 51.0 cm³/mol. The van der Waals surface area contributed by atoms with Crippen molar-refractivity contribution in [2.45, 2.75) is 0 Å². The van der Waals surface area contributed by atoms with Crippen molar-refractivity contribution < 1.29 is 21.6 Å². The van der Waals surface area contributed by atoms with Crippen LogP contribution in [0.15, 0.2) is 24.4 Å². The van der Waals surface area contributed by atoms with E-state index < -0.39 is 27.7 Å². The Morgan fingerprint density at radius 2 is 1.73 bits per heavy atom.